The molecule has 0 aliphatic rings. The molecule has 0 fully saturated rings. The van der Waals surface area contributed by atoms with E-state index in [1.165, 1.54) is 0 Å². The lowest BCUT2D eigenvalue weighted by molar-refractivity contribution is -0.200. The number of rotatable bonds is 4. The molecule has 2 nitrogen and oxygen atoms in total. The van der Waals surface area contributed by atoms with Gasteiger partial charge in [-0.2, -0.15) is 0 Å². The molecule has 0 saturated carbocycles. The first-order valence-corrected chi connectivity index (χ1v) is 8.46. The SMILES string of the molecule is [O]O[P+](c1ccccc1)(c1ccccc1)c1ccccc1. The molecule has 0 heterocycles. The Kier molecular flexibility index (Phi) is 4.12. The summed E-state index contributed by atoms with van der Waals surface area (Å²) in [5.41, 5.74) is 0. The standard InChI is InChI=1S/C18H15O2P/c19-20-21(16-10-4-1-5-11-16,17-12-6-2-7-13-17)18-14-8-3-9-15-18/h1-15H/q+1. The van der Waals surface area contributed by atoms with E-state index in [9.17, 15) is 5.26 Å². The third-order valence-electron chi connectivity index (χ3n) is 3.47. The minimum atomic E-state index is -2.59. The van der Waals surface area contributed by atoms with E-state index in [-0.39, 0.29) is 0 Å². The fourth-order valence-electron chi connectivity index (χ4n) is 2.49. The molecule has 3 aromatic carbocycles. The maximum absolute atomic E-state index is 11.9. The fourth-order valence-corrected chi connectivity index (χ4v) is 5.42. The van der Waals surface area contributed by atoms with Crippen LogP contribution in [-0.2, 0) is 9.93 Å². The second-order valence-electron chi connectivity index (χ2n) is 4.69. The molecule has 0 unspecified atom stereocenters. The molecule has 0 bridgehead atoms. The molecular weight excluding hydrogens is 279 g/mol. The zero-order valence-corrected chi connectivity index (χ0v) is 12.3. The van der Waals surface area contributed by atoms with Gasteiger partial charge in [0.1, 0.15) is 15.9 Å². The van der Waals surface area contributed by atoms with Crippen molar-refractivity contribution in [3.8, 4) is 0 Å². The molecule has 103 valence electrons. The topological polar surface area (TPSA) is 29.1 Å². The highest BCUT2D eigenvalue weighted by Crippen LogP contribution is 2.55. The van der Waals surface area contributed by atoms with E-state index in [0.29, 0.717) is 0 Å². The van der Waals surface area contributed by atoms with Gasteiger partial charge in [-0.15, -0.1) is 0 Å². The Labute approximate surface area is 125 Å². The summed E-state index contributed by atoms with van der Waals surface area (Å²) in [5, 5.41) is 14.7. The van der Waals surface area contributed by atoms with Crippen LogP contribution in [0.15, 0.2) is 91.0 Å². The molecule has 0 amide bonds. The zero-order chi connectivity index (χ0) is 14.5. The second kappa shape index (κ2) is 6.19. The van der Waals surface area contributed by atoms with Gasteiger partial charge in [-0.25, -0.2) is 0 Å². The van der Waals surface area contributed by atoms with Gasteiger partial charge in [-0.1, -0.05) is 54.6 Å². The first kappa shape index (κ1) is 14.0. The van der Waals surface area contributed by atoms with Crippen molar-refractivity contribution in [1.29, 1.82) is 0 Å². The lowest BCUT2D eigenvalue weighted by Gasteiger charge is -2.20. The van der Waals surface area contributed by atoms with Gasteiger partial charge in [0.15, 0.2) is 0 Å². The van der Waals surface area contributed by atoms with E-state index in [0.717, 1.165) is 15.9 Å². The maximum atomic E-state index is 11.9. The number of hydrogen-bond donors (Lipinski definition) is 0. The third kappa shape index (κ3) is 2.50. The lowest BCUT2D eigenvalue weighted by atomic mass is 10.4. The zero-order valence-electron chi connectivity index (χ0n) is 11.4. The Morgan fingerprint density at radius 3 is 1.05 bits per heavy atom. The minimum Gasteiger partial charge on any atom is -0.0620 e. The van der Waals surface area contributed by atoms with Crippen molar-refractivity contribution in [3.05, 3.63) is 91.0 Å². The van der Waals surface area contributed by atoms with Crippen molar-refractivity contribution in [2.75, 3.05) is 0 Å². The first-order valence-electron chi connectivity index (χ1n) is 6.75. The van der Waals surface area contributed by atoms with Crippen molar-refractivity contribution in [2.45, 2.75) is 0 Å². The second-order valence-corrected chi connectivity index (χ2v) is 7.61. The van der Waals surface area contributed by atoms with Gasteiger partial charge >= 0.3 is 0 Å². The molecule has 0 aliphatic heterocycles. The van der Waals surface area contributed by atoms with Crippen LogP contribution in [0.25, 0.3) is 0 Å². The summed E-state index contributed by atoms with van der Waals surface area (Å²) >= 11 is 0. The fraction of sp³-hybridized carbons (Fsp3) is 0. The van der Waals surface area contributed by atoms with Crippen LogP contribution >= 0.6 is 7.49 Å². The summed E-state index contributed by atoms with van der Waals surface area (Å²) in [6.07, 6.45) is 0. The molecule has 0 N–H and O–H groups in total. The summed E-state index contributed by atoms with van der Waals surface area (Å²) in [6.45, 7) is 0. The van der Waals surface area contributed by atoms with E-state index in [4.69, 9.17) is 4.67 Å². The minimum absolute atomic E-state index is 0.928. The Morgan fingerprint density at radius 1 is 0.524 bits per heavy atom. The normalized spacial score (nSPS) is 11.3. The van der Waals surface area contributed by atoms with Crippen LogP contribution in [0, 0.1) is 0 Å². The summed E-state index contributed by atoms with van der Waals surface area (Å²) in [4.78, 5) is 0. The van der Waals surface area contributed by atoms with Gasteiger partial charge in [0.05, 0.1) is 0 Å². The van der Waals surface area contributed by atoms with Crippen LogP contribution in [0.4, 0.5) is 0 Å². The summed E-state index contributed by atoms with van der Waals surface area (Å²) < 4.78 is 4.96. The molecule has 0 aliphatic carbocycles. The predicted octanol–water partition coefficient (Wildman–Crippen LogP) is 3.26. The molecule has 0 spiro atoms. The monoisotopic (exact) mass is 294 g/mol. The molecule has 0 atom stereocenters. The number of hydrogen-bond acceptors (Lipinski definition) is 1. The van der Waals surface area contributed by atoms with Crippen LogP contribution in [0.5, 0.6) is 0 Å². The van der Waals surface area contributed by atoms with E-state index < -0.39 is 7.49 Å². The summed E-state index contributed by atoms with van der Waals surface area (Å²) in [6, 6.07) is 29.3. The average Bonchev–Trinajstić information content (AvgIpc) is 2.59. The Hall–Kier alpha value is -1.99. The molecule has 21 heavy (non-hydrogen) atoms. The van der Waals surface area contributed by atoms with Gasteiger partial charge in [-0.05, 0) is 41.1 Å². The quantitative estimate of drug-likeness (QED) is 0.412. The highest BCUT2D eigenvalue weighted by atomic mass is 31.2. The van der Waals surface area contributed by atoms with Crippen LogP contribution in [-0.4, -0.2) is 0 Å². The van der Waals surface area contributed by atoms with Gasteiger partial charge < -0.3 is 0 Å². The molecular formula is C18H15O2P+. The van der Waals surface area contributed by atoms with Crippen molar-refractivity contribution in [1.82, 2.24) is 0 Å². The van der Waals surface area contributed by atoms with Gasteiger partial charge in [0.2, 0.25) is 0 Å². The Balaban J connectivity index is 2.29. The van der Waals surface area contributed by atoms with E-state index in [1.807, 2.05) is 91.0 Å². The molecule has 3 aromatic rings. The molecule has 3 rings (SSSR count). The number of benzene rings is 3. The highest BCUT2D eigenvalue weighted by Gasteiger charge is 2.49. The van der Waals surface area contributed by atoms with E-state index in [1.54, 1.807) is 0 Å². The Bertz CT molecular complexity index is 588. The van der Waals surface area contributed by atoms with E-state index >= 15 is 0 Å². The predicted molar refractivity (Wildman–Crippen MR) is 86.9 cm³/mol. The van der Waals surface area contributed by atoms with Crippen molar-refractivity contribution in [2.24, 2.45) is 0 Å². The maximum Gasteiger partial charge on any atom is 0.287 e. The smallest absolute Gasteiger partial charge is 0.0620 e. The van der Waals surface area contributed by atoms with Crippen LogP contribution < -0.4 is 15.9 Å². The van der Waals surface area contributed by atoms with Crippen LogP contribution in [0.1, 0.15) is 0 Å². The van der Waals surface area contributed by atoms with E-state index in [2.05, 4.69) is 0 Å². The van der Waals surface area contributed by atoms with Crippen molar-refractivity contribution in [3.63, 3.8) is 0 Å². The average molecular weight is 294 g/mol. The molecule has 1 radical (unpaired) electrons. The van der Waals surface area contributed by atoms with Gasteiger partial charge in [-0.3, -0.25) is 0 Å². The van der Waals surface area contributed by atoms with Crippen LogP contribution in [0.3, 0.4) is 0 Å². The third-order valence-corrected chi connectivity index (χ3v) is 6.77. The summed E-state index contributed by atoms with van der Waals surface area (Å²) in [7, 11) is -2.59. The largest absolute Gasteiger partial charge is 0.287 e. The van der Waals surface area contributed by atoms with Gasteiger partial charge in [0.25, 0.3) is 7.49 Å². The molecule has 0 aromatic heterocycles. The van der Waals surface area contributed by atoms with Crippen molar-refractivity contribution < 1.29 is 9.93 Å². The Morgan fingerprint density at radius 2 is 0.810 bits per heavy atom. The van der Waals surface area contributed by atoms with Crippen LogP contribution in [0.2, 0.25) is 0 Å². The molecule has 0 saturated heterocycles. The lowest BCUT2D eigenvalue weighted by Crippen LogP contribution is -2.31. The molecule has 3 heteroatoms. The van der Waals surface area contributed by atoms with Gasteiger partial charge in [0, 0.05) is 5.26 Å². The summed E-state index contributed by atoms with van der Waals surface area (Å²) in [5.74, 6) is 0. The van der Waals surface area contributed by atoms with Crippen molar-refractivity contribution >= 4 is 23.4 Å². The first-order chi connectivity index (χ1) is 10.4. The highest BCUT2D eigenvalue weighted by molar-refractivity contribution is 7.91.